The molecule has 6 nitrogen and oxygen atoms in total. The largest absolute Gasteiger partial charge is 0.375 e. The third kappa shape index (κ3) is 6.53. The minimum atomic E-state index is -0.0167. The lowest BCUT2D eigenvalue weighted by molar-refractivity contribution is -0.136. The molecule has 3 aliphatic rings. The van der Waals surface area contributed by atoms with Gasteiger partial charge in [0.15, 0.2) is 0 Å². The van der Waals surface area contributed by atoms with E-state index in [1.807, 2.05) is 35.2 Å². The molecule has 0 atom stereocenters. The van der Waals surface area contributed by atoms with E-state index >= 15 is 0 Å². The molecule has 1 N–H and O–H groups in total. The zero-order chi connectivity index (χ0) is 21.5. The lowest BCUT2D eigenvalue weighted by atomic mass is 9.95. The van der Waals surface area contributed by atoms with Gasteiger partial charge >= 0.3 is 0 Å². The number of hydrogen-bond donors (Lipinski definition) is 1. The number of para-hydroxylation sites is 1. The van der Waals surface area contributed by atoms with Crippen LogP contribution in [0.15, 0.2) is 30.3 Å². The summed E-state index contributed by atoms with van der Waals surface area (Å²) in [4.78, 5) is 29.5. The van der Waals surface area contributed by atoms with Crippen molar-refractivity contribution in [2.45, 2.75) is 70.0 Å². The molecule has 31 heavy (non-hydrogen) atoms. The lowest BCUT2D eigenvalue weighted by Gasteiger charge is -2.36. The fourth-order valence-corrected chi connectivity index (χ4v) is 5.13. The predicted octanol–water partition coefficient (Wildman–Crippen LogP) is 3.68. The van der Waals surface area contributed by atoms with Crippen molar-refractivity contribution in [1.29, 1.82) is 0 Å². The Bertz CT molecular complexity index is 704. The van der Waals surface area contributed by atoms with Crippen molar-refractivity contribution < 1.29 is 14.3 Å². The standard InChI is InChI=1S/C25H37N3O3/c29-24(19-27-15-13-23(14-16-27)31-22-9-5-2-6-10-22)28-17-11-20(12-18-28)25(30)26-21-7-3-1-4-8-21/h1,3-4,7-8,20,22-23H,2,5-6,9-19H2,(H,26,30). The van der Waals surface area contributed by atoms with E-state index in [4.69, 9.17) is 4.74 Å². The second-order valence-electron chi connectivity index (χ2n) is 9.38. The molecule has 0 spiro atoms. The van der Waals surface area contributed by atoms with E-state index < -0.39 is 0 Å². The maximum atomic E-state index is 12.8. The Balaban J connectivity index is 1.14. The Morgan fingerprint density at radius 3 is 2.16 bits per heavy atom. The number of benzene rings is 1. The minimum Gasteiger partial charge on any atom is -0.375 e. The number of hydrogen-bond acceptors (Lipinski definition) is 4. The van der Waals surface area contributed by atoms with E-state index in [0.717, 1.165) is 44.5 Å². The fraction of sp³-hybridized carbons (Fsp3) is 0.680. The second kappa shape index (κ2) is 11.1. The molecule has 0 bridgehead atoms. The summed E-state index contributed by atoms with van der Waals surface area (Å²) in [5, 5.41) is 2.99. The number of carbonyl (C=O) groups is 2. The van der Waals surface area contributed by atoms with Gasteiger partial charge in [0.1, 0.15) is 0 Å². The normalized spacial score (nSPS) is 22.4. The van der Waals surface area contributed by atoms with Gasteiger partial charge in [-0.2, -0.15) is 0 Å². The average molecular weight is 428 g/mol. The first-order chi connectivity index (χ1) is 15.2. The molecule has 2 amide bonds. The van der Waals surface area contributed by atoms with Crippen LogP contribution in [0.3, 0.4) is 0 Å². The summed E-state index contributed by atoms with van der Waals surface area (Å²) in [5.41, 5.74) is 0.835. The molecule has 1 aromatic carbocycles. The van der Waals surface area contributed by atoms with Crippen LogP contribution in [0.5, 0.6) is 0 Å². The second-order valence-corrected chi connectivity index (χ2v) is 9.38. The summed E-state index contributed by atoms with van der Waals surface area (Å²) in [5.74, 6) is 0.254. The van der Waals surface area contributed by atoms with Crippen LogP contribution in [-0.4, -0.2) is 66.5 Å². The maximum Gasteiger partial charge on any atom is 0.236 e. The molecular formula is C25H37N3O3. The van der Waals surface area contributed by atoms with Gasteiger partial charge in [-0.1, -0.05) is 37.5 Å². The van der Waals surface area contributed by atoms with Crippen LogP contribution in [0.1, 0.15) is 57.8 Å². The fourth-order valence-electron chi connectivity index (χ4n) is 5.13. The van der Waals surface area contributed by atoms with Crippen molar-refractivity contribution in [2.75, 3.05) is 38.0 Å². The molecule has 0 aromatic heterocycles. The van der Waals surface area contributed by atoms with E-state index in [-0.39, 0.29) is 17.7 Å². The number of amides is 2. The molecule has 4 rings (SSSR count). The molecule has 1 saturated carbocycles. The van der Waals surface area contributed by atoms with Crippen molar-refractivity contribution in [3.63, 3.8) is 0 Å². The summed E-state index contributed by atoms with van der Waals surface area (Å²) in [6.45, 7) is 3.73. The summed E-state index contributed by atoms with van der Waals surface area (Å²) < 4.78 is 6.32. The Kier molecular flexibility index (Phi) is 7.97. The maximum absolute atomic E-state index is 12.8. The minimum absolute atomic E-state index is 0.0167. The Labute approximate surface area is 186 Å². The number of nitrogens with one attached hydrogen (secondary N) is 1. The van der Waals surface area contributed by atoms with Crippen molar-refractivity contribution in [3.05, 3.63) is 30.3 Å². The number of ether oxygens (including phenoxy) is 1. The highest BCUT2D eigenvalue weighted by Gasteiger charge is 2.29. The first-order valence-electron chi connectivity index (χ1n) is 12.2. The number of nitrogens with zero attached hydrogens (tertiary/aromatic N) is 2. The van der Waals surface area contributed by atoms with E-state index in [9.17, 15) is 9.59 Å². The Morgan fingerprint density at radius 2 is 1.48 bits per heavy atom. The van der Waals surface area contributed by atoms with Crippen LogP contribution in [0.2, 0.25) is 0 Å². The molecule has 6 heteroatoms. The molecule has 1 aliphatic carbocycles. The first-order valence-corrected chi connectivity index (χ1v) is 12.2. The van der Waals surface area contributed by atoms with Crippen LogP contribution < -0.4 is 5.32 Å². The third-order valence-electron chi connectivity index (χ3n) is 7.09. The van der Waals surface area contributed by atoms with E-state index in [0.29, 0.717) is 31.8 Å². The molecule has 2 saturated heterocycles. The number of carbonyl (C=O) groups excluding carboxylic acids is 2. The number of rotatable bonds is 6. The highest BCUT2D eigenvalue weighted by molar-refractivity contribution is 5.92. The summed E-state index contributed by atoms with van der Waals surface area (Å²) in [7, 11) is 0. The summed E-state index contributed by atoms with van der Waals surface area (Å²) >= 11 is 0. The van der Waals surface area contributed by atoms with Gasteiger partial charge in [0.2, 0.25) is 11.8 Å². The molecule has 0 unspecified atom stereocenters. The number of piperidine rings is 2. The van der Waals surface area contributed by atoms with E-state index in [1.165, 1.54) is 32.1 Å². The highest BCUT2D eigenvalue weighted by atomic mass is 16.5. The third-order valence-corrected chi connectivity index (χ3v) is 7.09. The lowest BCUT2D eigenvalue weighted by Crippen LogP contribution is -2.48. The van der Waals surface area contributed by atoms with Gasteiger partial charge in [-0.05, 0) is 50.7 Å². The predicted molar refractivity (Wildman–Crippen MR) is 122 cm³/mol. The molecular weight excluding hydrogens is 390 g/mol. The Morgan fingerprint density at radius 1 is 0.839 bits per heavy atom. The molecule has 1 aromatic rings. The molecule has 0 radical (unpaired) electrons. The van der Waals surface area contributed by atoms with Gasteiger partial charge in [-0.3, -0.25) is 14.5 Å². The van der Waals surface area contributed by atoms with Crippen molar-refractivity contribution in [3.8, 4) is 0 Å². The quantitative estimate of drug-likeness (QED) is 0.752. The van der Waals surface area contributed by atoms with Gasteiger partial charge in [0.05, 0.1) is 18.8 Å². The summed E-state index contributed by atoms with van der Waals surface area (Å²) in [6, 6.07) is 9.58. The smallest absolute Gasteiger partial charge is 0.236 e. The van der Waals surface area contributed by atoms with Gasteiger partial charge in [0.25, 0.3) is 0 Å². The van der Waals surface area contributed by atoms with Crippen molar-refractivity contribution in [2.24, 2.45) is 5.92 Å². The van der Waals surface area contributed by atoms with Crippen LogP contribution in [-0.2, 0) is 14.3 Å². The van der Waals surface area contributed by atoms with Crippen molar-refractivity contribution in [1.82, 2.24) is 9.80 Å². The molecule has 3 fully saturated rings. The number of anilines is 1. The van der Waals surface area contributed by atoms with E-state index in [2.05, 4.69) is 10.2 Å². The molecule has 2 heterocycles. The monoisotopic (exact) mass is 427 g/mol. The van der Waals surface area contributed by atoms with Gasteiger partial charge in [0, 0.05) is 37.8 Å². The Hall–Kier alpha value is -1.92. The first kappa shape index (κ1) is 22.3. The molecule has 170 valence electrons. The van der Waals surface area contributed by atoms with Gasteiger partial charge < -0.3 is 15.0 Å². The zero-order valence-electron chi connectivity index (χ0n) is 18.6. The van der Waals surface area contributed by atoms with Crippen LogP contribution in [0, 0.1) is 5.92 Å². The van der Waals surface area contributed by atoms with Crippen LogP contribution in [0.25, 0.3) is 0 Å². The topological polar surface area (TPSA) is 61.9 Å². The average Bonchev–Trinajstić information content (AvgIpc) is 2.82. The van der Waals surface area contributed by atoms with Crippen molar-refractivity contribution >= 4 is 17.5 Å². The van der Waals surface area contributed by atoms with Gasteiger partial charge in [-0.25, -0.2) is 0 Å². The van der Waals surface area contributed by atoms with Crippen LogP contribution in [0.4, 0.5) is 5.69 Å². The highest BCUT2D eigenvalue weighted by Crippen LogP contribution is 2.25. The zero-order valence-corrected chi connectivity index (χ0v) is 18.6. The van der Waals surface area contributed by atoms with E-state index in [1.54, 1.807) is 0 Å². The van der Waals surface area contributed by atoms with Crippen LogP contribution >= 0.6 is 0 Å². The van der Waals surface area contributed by atoms with Gasteiger partial charge in [-0.15, -0.1) is 0 Å². The number of likely N-dealkylation sites (tertiary alicyclic amines) is 2. The molecule has 2 aliphatic heterocycles. The SMILES string of the molecule is O=C(Nc1ccccc1)C1CCN(C(=O)CN2CCC(OC3CCCCC3)CC2)CC1. The summed E-state index contributed by atoms with van der Waals surface area (Å²) in [6.07, 6.45) is 10.8.